The van der Waals surface area contributed by atoms with Crippen molar-refractivity contribution in [2.45, 2.75) is 20.3 Å². The third kappa shape index (κ3) is 2.46. The number of hydrogen-bond acceptors (Lipinski definition) is 2. The Morgan fingerprint density at radius 3 is 2.67 bits per heavy atom. The standard InChI is InChI=1S/C11H13FO3/c1-6-3-4-9(13)8(10(6)12)5-7(2)11(14)15/h3-4,7,13H,5H2,1-2H3,(H,14,15). The highest BCUT2D eigenvalue weighted by Gasteiger charge is 2.18. The van der Waals surface area contributed by atoms with Crippen molar-refractivity contribution in [2.24, 2.45) is 5.92 Å². The van der Waals surface area contributed by atoms with Crippen molar-refractivity contribution >= 4 is 5.97 Å². The van der Waals surface area contributed by atoms with Gasteiger partial charge >= 0.3 is 5.97 Å². The highest BCUT2D eigenvalue weighted by molar-refractivity contribution is 5.70. The monoisotopic (exact) mass is 212 g/mol. The molecular weight excluding hydrogens is 199 g/mol. The molecule has 3 nitrogen and oxygen atoms in total. The zero-order valence-corrected chi connectivity index (χ0v) is 8.62. The summed E-state index contributed by atoms with van der Waals surface area (Å²) in [5, 5.41) is 18.1. The van der Waals surface area contributed by atoms with Crippen LogP contribution in [0.5, 0.6) is 5.75 Å². The van der Waals surface area contributed by atoms with Crippen LogP contribution >= 0.6 is 0 Å². The van der Waals surface area contributed by atoms with Gasteiger partial charge in [0.05, 0.1) is 5.92 Å². The second kappa shape index (κ2) is 4.29. The largest absolute Gasteiger partial charge is 0.508 e. The molecule has 1 rings (SSSR count). The number of carbonyl (C=O) groups is 1. The zero-order chi connectivity index (χ0) is 11.6. The summed E-state index contributed by atoms with van der Waals surface area (Å²) >= 11 is 0. The van der Waals surface area contributed by atoms with Gasteiger partial charge in [-0.05, 0) is 25.0 Å². The third-order valence-corrected chi connectivity index (χ3v) is 2.34. The van der Waals surface area contributed by atoms with E-state index in [4.69, 9.17) is 5.11 Å². The number of phenols is 1. The minimum atomic E-state index is -1.00. The van der Waals surface area contributed by atoms with E-state index in [1.807, 2.05) is 0 Å². The van der Waals surface area contributed by atoms with E-state index in [1.165, 1.54) is 19.1 Å². The number of halogens is 1. The molecule has 2 N–H and O–H groups in total. The maximum absolute atomic E-state index is 13.5. The van der Waals surface area contributed by atoms with Crippen LogP contribution in [0.15, 0.2) is 12.1 Å². The SMILES string of the molecule is Cc1ccc(O)c(CC(C)C(=O)O)c1F. The highest BCUT2D eigenvalue weighted by atomic mass is 19.1. The van der Waals surface area contributed by atoms with Crippen molar-refractivity contribution in [3.63, 3.8) is 0 Å². The first kappa shape index (κ1) is 11.5. The minimum Gasteiger partial charge on any atom is -0.508 e. The Balaban J connectivity index is 3.03. The van der Waals surface area contributed by atoms with Gasteiger partial charge < -0.3 is 10.2 Å². The number of benzene rings is 1. The van der Waals surface area contributed by atoms with Crippen molar-refractivity contribution in [1.29, 1.82) is 0 Å². The molecular formula is C11H13FO3. The van der Waals surface area contributed by atoms with E-state index in [9.17, 15) is 14.3 Å². The quantitative estimate of drug-likeness (QED) is 0.806. The topological polar surface area (TPSA) is 57.5 Å². The summed E-state index contributed by atoms with van der Waals surface area (Å²) in [5.74, 6) is -2.43. The fourth-order valence-corrected chi connectivity index (χ4v) is 1.32. The summed E-state index contributed by atoms with van der Waals surface area (Å²) in [6.45, 7) is 3.05. The van der Waals surface area contributed by atoms with Gasteiger partial charge in [0, 0.05) is 5.56 Å². The number of phenolic OH excluding ortho intramolecular Hbond substituents is 1. The molecule has 0 aliphatic heterocycles. The van der Waals surface area contributed by atoms with Crippen LogP contribution in [0.1, 0.15) is 18.1 Å². The molecule has 0 amide bonds. The van der Waals surface area contributed by atoms with Crippen LogP contribution in [-0.2, 0) is 11.2 Å². The molecule has 0 aromatic heterocycles. The van der Waals surface area contributed by atoms with E-state index >= 15 is 0 Å². The van der Waals surface area contributed by atoms with E-state index < -0.39 is 17.7 Å². The lowest BCUT2D eigenvalue weighted by Gasteiger charge is -2.10. The van der Waals surface area contributed by atoms with Crippen molar-refractivity contribution in [2.75, 3.05) is 0 Å². The van der Waals surface area contributed by atoms with Gasteiger partial charge in [-0.25, -0.2) is 4.39 Å². The molecule has 0 radical (unpaired) electrons. The van der Waals surface area contributed by atoms with Crippen molar-refractivity contribution in [3.8, 4) is 5.75 Å². The van der Waals surface area contributed by atoms with Crippen molar-refractivity contribution in [1.82, 2.24) is 0 Å². The van der Waals surface area contributed by atoms with Gasteiger partial charge in [0.15, 0.2) is 0 Å². The number of carboxylic acids is 1. The molecule has 1 aromatic carbocycles. The number of aromatic hydroxyl groups is 1. The molecule has 0 spiro atoms. The summed E-state index contributed by atoms with van der Waals surface area (Å²) < 4.78 is 13.5. The Labute approximate surface area is 87.2 Å². The first-order chi connectivity index (χ1) is 6.93. The molecule has 0 bridgehead atoms. The summed E-state index contributed by atoms with van der Waals surface area (Å²) in [6, 6.07) is 2.84. The summed E-state index contributed by atoms with van der Waals surface area (Å²) in [7, 11) is 0. The molecule has 0 aliphatic carbocycles. The maximum Gasteiger partial charge on any atom is 0.306 e. The molecule has 0 saturated heterocycles. The number of aryl methyl sites for hydroxylation is 1. The molecule has 4 heteroatoms. The molecule has 0 heterocycles. The first-order valence-electron chi connectivity index (χ1n) is 4.63. The molecule has 82 valence electrons. The highest BCUT2D eigenvalue weighted by Crippen LogP contribution is 2.25. The van der Waals surface area contributed by atoms with E-state index in [0.717, 1.165) is 0 Å². The van der Waals surface area contributed by atoms with Gasteiger partial charge in [0.2, 0.25) is 0 Å². The Hall–Kier alpha value is -1.58. The number of carboxylic acid groups (broad SMARTS) is 1. The van der Waals surface area contributed by atoms with Crippen LogP contribution in [0.25, 0.3) is 0 Å². The minimum absolute atomic E-state index is 0.00528. The van der Waals surface area contributed by atoms with E-state index in [0.29, 0.717) is 5.56 Å². The van der Waals surface area contributed by atoms with Crippen LogP contribution in [0.2, 0.25) is 0 Å². The third-order valence-electron chi connectivity index (χ3n) is 2.34. The Morgan fingerprint density at radius 2 is 2.13 bits per heavy atom. The second-order valence-electron chi connectivity index (χ2n) is 3.64. The van der Waals surface area contributed by atoms with Crippen LogP contribution in [-0.4, -0.2) is 16.2 Å². The molecule has 1 unspecified atom stereocenters. The van der Waals surface area contributed by atoms with Crippen LogP contribution in [0.4, 0.5) is 4.39 Å². The fourth-order valence-electron chi connectivity index (χ4n) is 1.32. The van der Waals surface area contributed by atoms with Crippen LogP contribution in [0.3, 0.4) is 0 Å². The smallest absolute Gasteiger partial charge is 0.306 e. The molecule has 15 heavy (non-hydrogen) atoms. The summed E-state index contributed by atoms with van der Waals surface area (Å²) in [5.41, 5.74) is 0.477. The van der Waals surface area contributed by atoms with Gasteiger partial charge in [0.25, 0.3) is 0 Å². The number of aliphatic carboxylic acids is 1. The first-order valence-corrected chi connectivity index (χ1v) is 4.63. The summed E-state index contributed by atoms with van der Waals surface area (Å²) in [4.78, 5) is 10.6. The van der Waals surface area contributed by atoms with Crippen LogP contribution in [0, 0.1) is 18.7 Å². The Kier molecular flexibility index (Phi) is 3.29. The number of hydrogen-bond donors (Lipinski definition) is 2. The zero-order valence-electron chi connectivity index (χ0n) is 8.62. The van der Waals surface area contributed by atoms with Gasteiger partial charge in [-0.2, -0.15) is 0 Å². The lowest BCUT2D eigenvalue weighted by Crippen LogP contribution is -2.13. The van der Waals surface area contributed by atoms with Gasteiger partial charge in [0.1, 0.15) is 11.6 Å². The molecule has 0 saturated carbocycles. The molecule has 1 aromatic rings. The van der Waals surface area contributed by atoms with E-state index in [-0.39, 0.29) is 17.7 Å². The average molecular weight is 212 g/mol. The normalized spacial score (nSPS) is 12.5. The molecule has 0 fully saturated rings. The van der Waals surface area contributed by atoms with Gasteiger partial charge in [-0.15, -0.1) is 0 Å². The lowest BCUT2D eigenvalue weighted by atomic mass is 9.98. The second-order valence-corrected chi connectivity index (χ2v) is 3.64. The van der Waals surface area contributed by atoms with Gasteiger partial charge in [-0.3, -0.25) is 4.79 Å². The fraction of sp³-hybridized carbons (Fsp3) is 0.364. The van der Waals surface area contributed by atoms with E-state index in [2.05, 4.69) is 0 Å². The maximum atomic E-state index is 13.5. The molecule has 0 aliphatic rings. The van der Waals surface area contributed by atoms with Crippen molar-refractivity contribution < 1.29 is 19.4 Å². The Morgan fingerprint density at radius 1 is 1.53 bits per heavy atom. The predicted octanol–water partition coefficient (Wildman–Crippen LogP) is 2.10. The predicted molar refractivity (Wildman–Crippen MR) is 53.3 cm³/mol. The van der Waals surface area contributed by atoms with Crippen LogP contribution < -0.4 is 0 Å². The number of rotatable bonds is 3. The Bertz CT molecular complexity index is 388. The van der Waals surface area contributed by atoms with Gasteiger partial charge in [-0.1, -0.05) is 13.0 Å². The van der Waals surface area contributed by atoms with Crippen molar-refractivity contribution in [3.05, 3.63) is 29.1 Å². The average Bonchev–Trinajstić information content (AvgIpc) is 2.18. The van der Waals surface area contributed by atoms with E-state index in [1.54, 1.807) is 6.92 Å². The summed E-state index contributed by atoms with van der Waals surface area (Å²) in [6.07, 6.45) is -0.00528. The lowest BCUT2D eigenvalue weighted by molar-refractivity contribution is -0.141. The molecule has 1 atom stereocenters.